The fourth-order valence-electron chi connectivity index (χ4n) is 2.49. The summed E-state index contributed by atoms with van der Waals surface area (Å²) in [5, 5.41) is 4.40. The number of benzene rings is 2. The fraction of sp³-hybridized carbons (Fsp3) is 0.176. The average Bonchev–Trinajstić information content (AvgIpc) is 2.86. The molecule has 0 aliphatic carbocycles. The number of hydrogen-bond donors (Lipinski definition) is 0. The quantitative estimate of drug-likeness (QED) is 0.799. The van der Waals surface area contributed by atoms with E-state index in [0.717, 1.165) is 6.54 Å². The summed E-state index contributed by atoms with van der Waals surface area (Å²) >= 11 is 0. The van der Waals surface area contributed by atoms with Gasteiger partial charge in [0.25, 0.3) is 0 Å². The molecule has 3 rings (SSSR count). The second kappa shape index (κ2) is 4.90. The highest BCUT2D eigenvalue weighted by Gasteiger charge is 2.15. The molecule has 0 saturated carbocycles. The van der Waals surface area contributed by atoms with Gasteiger partial charge in [-0.25, -0.2) is 5.01 Å². The molecule has 0 spiro atoms. The summed E-state index contributed by atoms with van der Waals surface area (Å²) in [7, 11) is 2.10. The molecule has 2 aromatic carbocycles. The van der Waals surface area contributed by atoms with Crippen molar-refractivity contribution in [2.24, 2.45) is 0 Å². The SMILES string of the molecule is Cc1cc(-c2ccccc2)ccc1N1C=CCN1C. The lowest BCUT2D eigenvalue weighted by atomic mass is 10.0. The molecule has 19 heavy (non-hydrogen) atoms. The van der Waals surface area contributed by atoms with Gasteiger partial charge >= 0.3 is 0 Å². The summed E-state index contributed by atoms with van der Waals surface area (Å²) in [6.45, 7) is 3.14. The van der Waals surface area contributed by atoms with E-state index in [1.807, 2.05) is 0 Å². The summed E-state index contributed by atoms with van der Waals surface area (Å²) in [5.74, 6) is 0. The molecular weight excluding hydrogens is 232 g/mol. The van der Waals surface area contributed by atoms with Crippen molar-refractivity contribution in [3.05, 3.63) is 66.4 Å². The summed E-state index contributed by atoms with van der Waals surface area (Å²) < 4.78 is 0. The predicted octanol–water partition coefficient (Wildman–Crippen LogP) is 3.84. The Bertz CT molecular complexity index is 602. The van der Waals surface area contributed by atoms with Crippen LogP contribution in [0.1, 0.15) is 5.56 Å². The molecule has 0 saturated heterocycles. The van der Waals surface area contributed by atoms with Gasteiger partial charge in [0.05, 0.1) is 5.69 Å². The van der Waals surface area contributed by atoms with E-state index in [9.17, 15) is 0 Å². The first-order chi connectivity index (χ1) is 9.25. The van der Waals surface area contributed by atoms with E-state index in [4.69, 9.17) is 0 Å². The van der Waals surface area contributed by atoms with Crippen LogP contribution in [0.2, 0.25) is 0 Å². The predicted molar refractivity (Wildman–Crippen MR) is 80.9 cm³/mol. The van der Waals surface area contributed by atoms with Gasteiger partial charge < -0.3 is 0 Å². The molecule has 0 radical (unpaired) electrons. The van der Waals surface area contributed by atoms with Crippen LogP contribution in [0.5, 0.6) is 0 Å². The summed E-state index contributed by atoms with van der Waals surface area (Å²) in [5.41, 5.74) is 5.07. The Morgan fingerprint density at radius 1 is 0.947 bits per heavy atom. The van der Waals surface area contributed by atoms with Gasteiger partial charge in [-0.05, 0) is 35.7 Å². The minimum atomic E-state index is 0.972. The van der Waals surface area contributed by atoms with E-state index in [2.05, 4.69) is 84.8 Å². The van der Waals surface area contributed by atoms with Crippen molar-refractivity contribution in [2.75, 3.05) is 18.6 Å². The normalized spacial score (nSPS) is 15.2. The van der Waals surface area contributed by atoms with E-state index in [1.54, 1.807) is 0 Å². The minimum Gasteiger partial charge on any atom is -0.282 e. The Morgan fingerprint density at radius 2 is 1.74 bits per heavy atom. The number of aryl methyl sites for hydroxylation is 1. The zero-order chi connectivity index (χ0) is 13.2. The lowest BCUT2D eigenvalue weighted by Crippen LogP contribution is -2.31. The fourth-order valence-corrected chi connectivity index (χ4v) is 2.49. The molecule has 2 aromatic rings. The largest absolute Gasteiger partial charge is 0.282 e. The molecule has 2 heteroatoms. The van der Waals surface area contributed by atoms with Gasteiger partial charge in [0.2, 0.25) is 0 Å². The van der Waals surface area contributed by atoms with E-state index in [-0.39, 0.29) is 0 Å². The van der Waals surface area contributed by atoms with Crippen LogP contribution in [0.4, 0.5) is 5.69 Å². The van der Waals surface area contributed by atoms with E-state index in [1.165, 1.54) is 22.4 Å². The monoisotopic (exact) mass is 250 g/mol. The van der Waals surface area contributed by atoms with Crippen molar-refractivity contribution in [3.63, 3.8) is 0 Å². The molecule has 0 amide bonds. The number of hydrazine groups is 1. The third-order valence-corrected chi connectivity index (χ3v) is 3.53. The van der Waals surface area contributed by atoms with Crippen LogP contribution >= 0.6 is 0 Å². The minimum absolute atomic E-state index is 0.972. The van der Waals surface area contributed by atoms with Gasteiger partial charge in [-0.1, -0.05) is 42.5 Å². The molecule has 0 unspecified atom stereocenters. The molecule has 2 nitrogen and oxygen atoms in total. The van der Waals surface area contributed by atoms with Crippen LogP contribution in [0.3, 0.4) is 0 Å². The summed E-state index contributed by atoms with van der Waals surface area (Å²) in [6.07, 6.45) is 4.30. The maximum atomic E-state index is 2.25. The number of likely N-dealkylation sites (N-methyl/N-ethyl adjacent to an activating group) is 1. The van der Waals surface area contributed by atoms with Gasteiger partial charge in [0.15, 0.2) is 0 Å². The van der Waals surface area contributed by atoms with Crippen LogP contribution in [-0.4, -0.2) is 18.6 Å². The van der Waals surface area contributed by atoms with Gasteiger partial charge in [-0.3, -0.25) is 5.01 Å². The van der Waals surface area contributed by atoms with Gasteiger partial charge in [0, 0.05) is 19.8 Å². The maximum absolute atomic E-state index is 2.25. The van der Waals surface area contributed by atoms with Crippen molar-refractivity contribution in [1.82, 2.24) is 5.01 Å². The summed E-state index contributed by atoms with van der Waals surface area (Å²) in [6, 6.07) is 17.2. The lowest BCUT2D eigenvalue weighted by Gasteiger charge is -2.27. The average molecular weight is 250 g/mol. The second-order valence-electron chi connectivity index (χ2n) is 4.94. The van der Waals surface area contributed by atoms with Crippen molar-refractivity contribution in [3.8, 4) is 11.1 Å². The molecule has 0 bridgehead atoms. The van der Waals surface area contributed by atoms with Crippen LogP contribution in [0, 0.1) is 6.92 Å². The van der Waals surface area contributed by atoms with Gasteiger partial charge in [-0.2, -0.15) is 0 Å². The number of anilines is 1. The maximum Gasteiger partial charge on any atom is 0.0602 e. The first-order valence-corrected chi connectivity index (χ1v) is 6.59. The molecule has 96 valence electrons. The molecule has 1 aliphatic heterocycles. The van der Waals surface area contributed by atoms with Gasteiger partial charge in [-0.15, -0.1) is 0 Å². The first-order valence-electron chi connectivity index (χ1n) is 6.59. The van der Waals surface area contributed by atoms with Crippen LogP contribution in [-0.2, 0) is 0 Å². The Hall–Kier alpha value is -2.06. The van der Waals surface area contributed by atoms with Crippen molar-refractivity contribution in [1.29, 1.82) is 0 Å². The van der Waals surface area contributed by atoms with Crippen molar-refractivity contribution >= 4 is 5.69 Å². The van der Waals surface area contributed by atoms with Crippen LogP contribution < -0.4 is 5.01 Å². The lowest BCUT2D eigenvalue weighted by molar-refractivity contribution is 0.396. The first kappa shape index (κ1) is 12.0. The molecular formula is C17H18N2. The molecule has 0 N–H and O–H groups in total. The zero-order valence-electron chi connectivity index (χ0n) is 11.4. The Kier molecular flexibility index (Phi) is 3.10. The van der Waals surface area contributed by atoms with Crippen molar-refractivity contribution < 1.29 is 0 Å². The molecule has 1 aliphatic rings. The third-order valence-electron chi connectivity index (χ3n) is 3.53. The standard InChI is InChI=1S/C17H18N2/c1-14-13-16(15-7-4-3-5-8-15)9-10-17(14)19-12-6-11-18(19)2/h3-10,12-13H,11H2,1-2H3. The third kappa shape index (κ3) is 2.27. The van der Waals surface area contributed by atoms with Crippen LogP contribution in [0.25, 0.3) is 11.1 Å². The highest BCUT2D eigenvalue weighted by Crippen LogP contribution is 2.28. The Labute approximate surface area is 114 Å². The van der Waals surface area contributed by atoms with E-state index >= 15 is 0 Å². The number of hydrogen-bond acceptors (Lipinski definition) is 2. The molecule has 1 heterocycles. The molecule has 0 atom stereocenters. The van der Waals surface area contributed by atoms with E-state index < -0.39 is 0 Å². The van der Waals surface area contributed by atoms with E-state index in [0.29, 0.717) is 0 Å². The zero-order valence-corrected chi connectivity index (χ0v) is 11.4. The molecule has 0 aromatic heterocycles. The smallest absolute Gasteiger partial charge is 0.0602 e. The second-order valence-corrected chi connectivity index (χ2v) is 4.94. The topological polar surface area (TPSA) is 6.48 Å². The van der Waals surface area contributed by atoms with Gasteiger partial charge in [0.1, 0.15) is 0 Å². The highest BCUT2D eigenvalue weighted by molar-refractivity contribution is 5.69. The highest BCUT2D eigenvalue weighted by atomic mass is 15.6. The molecule has 0 fully saturated rings. The number of nitrogens with zero attached hydrogens (tertiary/aromatic N) is 2. The summed E-state index contributed by atoms with van der Waals surface area (Å²) in [4.78, 5) is 0. The van der Waals surface area contributed by atoms with Crippen LogP contribution in [0.15, 0.2) is 60.8 Å². The Balaban J connectivity index is 1.97. The van der Waals surface area contributed by atoms with Crippen molar-refractivity contribution in [2.45, 2.75) is 6.92 Å². The Morgan fingerprint density at radius 3 is 2.37 bits per heavy atom. The number of rotatable bonds is 2.